The van der Waals surface area contributed by atoms with Gasteiger partial charge in [-0.1, -0.05) is 0 Å². The van der Waals surface area contributed by atoms with Gasteiger partial charge in [0.2, 0.25) is 0 Å². The van der Waals surface area contributed by atoms with Crippen molar-refractivity contribution in [1.82, 2.24) is 15.1 Å². The van der Waals surface area contributed by atoms with Gasteiger partial charge in [0.1, 0.15) is 6.54 Å². The Labute approximate surface area is 144 Å². The van der Waals surface area contributed by atoms with E-state index < -0.39 is 11.9 Å². The number of aryl methyl sites for hydroxylation is 1. The average molecular weight is 345 g/mol. The summed E-state index contributed by atoms with van der Waals surface area (Å²) < 4.78 is 16.9. The van der Waals surface area contributed by atoms with E-state index in [0.29, 0.717) is 23.6 Å². The number of nitrogens with one attached hydrogen (secondary N) is 1. The van der Waals surface area contributed by atoms with Crippen LogP contribution < -0.4 is 14.8 Å². The summed E-state index contributed by atoms with van der Waals surface area (Å²) in [5, 5.41) is 6.84. The molecule has 0 radical (unpaired) electrons. The molecule has 132 valence electrons. The summed E-state index contributed by atoms with van der Waals surface area (Å²) in [6.45, 7) is -0.199. The SMILES string of the molecule is COC(=O)CNC(=O)c1nn(C)c2c1Cc1cc(OC)c(OC)cc1-2. The van der Waals surface area contributed by atoms with Crippen LogP contribution >= 0.6 is 0 Å². The lowest BCUT2D eigenvalue weighted by Crippen LogP contribution is -2.31. The van der Waals surface area contributed by atoms with Gasteiger partial charge >= 0.3 is 5.97 Å². The molecule has 2 aromatic rings. The number of hydrogen-bond donors (Lipinski definition) is 1. The largest absolute Gasteiger partial charge is 0.493 e. The molecule has 1 amide bonds. The Morgan fingerprint density at radius 1 is 1.20 bits per heavy atom. The Balaban J connectivity index is 1.97. The smallest absolute Gasteiger partial charge is 0.325 e. The van der Waals surface area contributed by atoms with Gasteiger partial charge in [0.05, 0.1) is 27.0 Å². The number of hydrogen-bond acceptors (Lipinski definition) is 6. The molecule has 1 N–H and O–H groups in total. The van der Waals surface area contributed by atoms with Crippen LogP contribution in [0.5, 0.6) is 11.5 Å². The van der Waals surface area contributed by atoms with Crippen LogP contribution in [0.25, 0.3) is 11.3 Å². The number of esters is 1. The molecule has 1 aliphatic carbocycles. The third kappa shape index (κ3) is 2.79. The van der Waals surface area contributed by atoms with Crippen LogP contribution in [0.3, 0.4) is 0 Å². The predicted molar refractivity (Wildman–Crippen MR) is 88.9 cm³/mol. The zero-order valence-corrected chi connectivity index (χ0v) is 14.5. The lowest BCUT2D eigenvalue weighted by molar-refractivity contribution is -0.139. The fourth-order valence-corrected chi connectivity index (χ4v) is 3.04. The van der Waals surface area contributed by atoms with E-state index in [9.17, 15) is 9.59 Å². The minimum atomic E-state index is -0.515. The molecule has 0 spiro atoms. The van der Waals surface area contributed by atoms with Crippen molar-refractivity contribution in [3.63, 3.8) is 0 Å². The molecule has 0 bridgehead atoms. The first-order valence-electron chi connectivity index (χ1n) is 7.66. The molecule has 0 aliphatic heterocycles. The maximum absolute atomic E-state index is 12.4. The minimum absolute atomic E-state index is 0.199. The number of nitrogens with zero attached hydrogens (tertiary/aromatic N) is 2. The fraction of sp³-hybridized carbons (Fsp3) is 0.353. The second-order valence-corrected chi connectivity index (χ2v) is 5.60. The zero-order valence-electron chi connectivity index (χ0n) is 14.5. The molecule has 0 atom stereocenters. The zero-order chi connectivity index (χ0) is 18.1. The molecule has 0 saturated carbocycles. The third-order valence-corrected chi connectivity index (χ3v) is 4.21. The molecular weight excluding hydrogens is 326 g/mol. The third-order valence-electron chi connectivity index (χ3n) is 4.21. The van der Waals surface area contributed by atoms with Crippen LogP contribution in [-0.4, -0.2) is 49.5 Å². The van der Waals surface area contributed by atoms with Crippen LogP contribution in [0.4, 0.5) is 0 Å². The van der Waals surface area contributed by atoms with Crippen molar-refractivity contribution >= 4 is 11.9 Å². The van der Waals surface area contributed by atoms with Crippen molar-refractivity contribution in [2.75, 3.05) is 27.9 Å². The number of aromatic nitrogens is 2. The Hall–Kier alpha value is -3.03. The molecule has 25 heavy (non-hydrogen) atoms. The molecule has 8 heteroatoms. The van der Waals surface area contributed by atoms with E-state index in [-0.39, 0.29) is 6.54 Å². The summed E-state index contributed by atoms with van der Waals surface area (Å²) in [4.78, 5) is 23.6. The predicted octanol–water partition coefficient (Wildman–Crippen LogP) is 0.911. The number of benzene rings is 1. The van der Waals surface area contributed by atoms with Crippen LogP contribution in [-0.2, 0) is 23.0 Å². The van der Waals surface area contributed by atoms with Gasteiger partial charge in [0, 0.05) is 24.6 Å². The maximum Gasteiger partial charge on any atom is 0.325 e. The number of ether oxygens (including phenoxy) is 3. The quantitative estimate of drug-likeness (QED) is 0.691. The summed E-state index contributed by atoms with van der Waals surface area (Å²) in [6, 6.07) is 3.79. The fourth-order valence-electron chi connectivity index (χ4n) is 3.04. The number of rotatable bonds is 5. The van der Waals surface area contributed by atoms with Crippen molar-refractivity contribution in [3.8, 4) is 22.8 Å². The Morgan fingerprint density at radius 2 is 1.88 bits per heavy atom. The van der Waals surface area contributed by atoms with Gasteiger partial charge in [-0.25, -0.2) is 0 Å². The van der Waals surface area contributed by atoms with E-state index >= 15 is 0 Å². The van der Waals surface area contributed by atoms with Crippen LogP contribution in [0.2, 0.25) is 0 Å². The highest BCUT2D eigenvalue weighted by molar-refractivity contribution is 5.98. The summed E-state index contributed by atoms with van der Waals surface area (Å²) in [7, 11) is 6.21. The number of methoxy groups -OCH3 is 3. The highest BCUT2D eigenvalue weighted by atomic mass is 16.5. The molecule has 1 aliphatic rings. The van der Waals surface area contributed by atoms with Gasteiger partial charge in [-0.05, 0) is 17.7 Å². The molecule has 0 unspecified atom stereocenters. The van der Waals surface area contributed by atoms with Crippen LogP contribution in [0.15, 0.2) is 12.1 Å². The molecule has 0 fully saturated rings. The first-order chi connectivity index (χ1) is 12.0. The van der Waals surface area contributed by atoms with E-state index in [4.69, 9.17) is 9.47 Å². The topological polar surface area (TPSA) is 91.7 Å². The van der Waals surface area contributed by atoms with Crippen molar-refractivity contribution in [3.05, 3.63) is 29.0 Å². The Morgan fingerprint density at radius 3 is 2.52 bits per heavy atom. The van der Waals surface area contributed by atoms with Gasteiger partial charge < -0.3 is 19.5 Å². The molecule has 1 heterocycles. The maximum atomic E-state index is 12.4. The molecular formula is C17H19N3O5. The number of carbonyl (C=O) groups excluding carboxylic acids is 2. The van der Waals surface area contributed by atoms with Crippen molar-refractivity contribution in [1.29, 1.82) is 0 Å². The highest BCUT2D eigenvalue weighted by Gasteiger charge is 2.31. The number of amides is 1. The molecule has 1 aromatic carbocycles. The van der Waals surface area contributed by atoms with Gasteiger partial charge in [-0.3, -0.25) is 14.3 Å². The molecule has 8 nitrogen and oxygen atoms in total. The highest BCUT2D eigenvalue weighted by Crippen LogP contribution is 2.43. The van der Waals surface area contributed by atoms with Crippen molar-refractivity contribution in [2.24, 2.45) is 7.05 Å². The first kappa shape index (κ1) is 16.8. The average Bonchev–Trinajstić information content (AvgIpc) is 3.14. The number of fused-ring (bicyclic) bond motifs is 3. The summed E-state index contributed by atoms with van der Waals surface area (Å²) in [5.74, 6) is 0.332. The monoisotopic (exact) mass is 345 g/mol. The van der Waals surface area contributed by atoms with Crippen molar-refractivity contribution in [2.45, 2.75) is 6.42 Å². The molecule has 1 aromatic heterocycles. The lowest BCUT2D eigenvalue weighted by Gasteiger charge is -2.11. The minimum Gasteiger partial charge on any atom is -0.493 e. The van der Waals surface area contributed by atoms with Crippen LogP contribution in [0, 0.1) is 0 Å². The molecule has 3 rings (SSSR count). The first-order valence-corrected chi connectivity index (χ1v) is 7.66. The Kier molecular flexibility index (Phi) is 4.35. The second-order valence-electron chi connectivity index (χ2n) is 5.60. The van der Waals surface area contributed by atoms with Gasteiger partial charge in [-0.15, -0.1) is 0 Å². The molecule has 0 saturated heterocycles. The van der Waals surface area contributed by atoms with Gasteiger partial charge in [-0.2, -0.15) is 5.10 Å². The van der Waals surface area contributed by atoms with Crippen molar-refractivity contribution < 1.29 is 23.8 Å². The van der Waals surface area contributed by atoms with Gasteiger partial charge in [0.15, 0.2) is 17.2 Å². The summed E-state index contributed by atoms with van der Waals surface area (Å²) in [6.07, 6.45) is 0.555. The van der Waals surface area contributed by atoms with E-state index in [1.54, 1.807) is 25.9 Å². The number of carbonyl (C=O) groups is 2. The van der Waals surface area contributed by atoms with E-state index in [0.717, 1.165) is 22.4 Å². The summed E-state index contributed by atoms with van der Waals surface area (Å²) >= 11 is 0. The van der Waals surface area contributed by atoms with E-state index in [1.807, 2.05) is 12.1 Å². The summed E-state index contributed by atoms with van der Waals surface area (Å²) in [5.41, 5.74) is 3.96. The standard InChI is InChI=1S/C17H19N3O5/c1-20-16-10-7-13(24-3)12(23-2)6-9(10)5-11(16)15(19-20)17(22)18-8-14(21)25-4/h6-7H,5,8H2,1-4H3,(H,18,22). The van der Waals surface area contributed by atoms with E-state index in [2.05, 4.69) is 15.2 Å². The lowest BCUT2D eigenvalue weighted by atomic mass is 10.1. The normalized spacial score (nSPS) is 11.5. The van der Waals surface area contributed by atoms with E-state index in [1.165, 1.54) is 7.11 Å². The van der Waals surface area contributed by atoms with Crippen LogP contribution in [0.1, 0.15) is 21.6 Å². The second kappa shape index (κ2) is 6.46. The van der Waals surface area contributed by atoms with Gasteiger partial charge in [0.25, 0.3) is 5.91 Å². The Bertz CT molecular complexity index is 856.